The molecule has 0 fully saturated rings. The number of amides is 1. The number of hydrazone groups is 1. The molecule has 0 aliphatic rings. The third-order valence-electron chi connectivity index (χ3n) is 4.68. The number of benzene rings is 3. The van der Waals surface area contributed by atoms with Crippen LogP contribution in [-0.2, 0) is 11.3 Å². The van der Waals surface area contributed by atoms with E-state index in [0.29, 0.717) is 22.2 Å². The number of nitrogens with zero attached hydrogens (tertiary/aromatic N) is 2. The first-order chi connectivity index (χ1) is 14.0. The van der Waals surface area contributed by atoms with Gasteiger partial charge in [-0.3, -0.25) is 4.79 Å². The van der Waals surface area contributed by atoms with Crippen LogP contribution in [0.15, 0.2) is 65.8 Å². The van der Waals surface area contributed by atoms with Crippen molar-refractivity contribution in [1.82, 2.24) is 9.99 Å². The van der Waals surface area contributed by atoms with Gasteiger partial charge < -0.3 is 9.67 Å². The largest absolute Gasteiger partial charge is 0.507 e. The Morgan fingerprint density at radius 3 is 2.24 bits per heavy atom. The minimum Gasteiger partial charge on any atom is -0.507 e. The first-order valence-corrected chi connectivity index (χ1v) is 9.75. The standard InChI is InChI=1S/C22H17Cl2N3O2/c23-15-5-7-19-17(11-15)18-12-16(24)6-8-20(18)27(19)10-9-22(29)26-25-13-14-3-1-2-4-21(14)28/h1-8,11-13,28H,9-10H2,(H,26,29)/b25-13+. The van der Waals surface area contributed by atoms with E-state index in [1.807, 2.05) is 36.4 Å². The molecule has 0 unspecified atom stereocenters. The van der Waals surface area contributed by atoms with Gasteiger partial charge in [0.2, 0.25) is 5.91 Å². The molecule has 29 heavy (non-hydrogen) atoms. The first kappa shape index (κ1) is 19.3. The van der Waals surface area contributed by atoms with Gasteiger partial charge in [-0.25, -0.2) is 5.43 Å². The molecule has 146 valence electrons. The van der Waals surface area contributed by atoms with Crippen molar-refractivity contribution in [2.24, 2.45) is 5.10 Å². The molecule has 1 heterocycles. The van der Waals surface area contributed by atoms with Crippen molar-refractivity contribution in [2.75, 3.05) is 0 Å². The Morgan fingerprint density at radius 1 is 1.00 bits per heavy atom. The summed E-state index contributed by atoms with van der Waals surface area (Å²) in [5.74, 6) is -0.123. The molecule has 0 aliphatic heterocycles. The van der Waals surface area contributed by atoms with E-state index in [2.05, 4.69) is 15.1 Å². The van der Waals surface area contributed by atoms with Crippen LogP contribution in [-0.4, -0.2) is 21.8 Å². The first-order valence-electron chi connectivity index (χ1n) is 9.00. The minimum atomic E-state index is -0.227. The van der Waals surface area contributed by atoms with Gasteiger partial charge in [0, 0.05) is 50.4 Å². The van der Waals surface area contributed by atoms with Crippen LogP contribution in [0.25, 0.3) is 21.8 Å². The fourth-order valence-electron chi connectivity index (χ4n) is 3.33. The van der Waals surface area contributed by atoms with Crippen molar-refractivity contribution in [3.63, 3.8) is 0 Å². The lowest BCUT2D eigenvalue weighted by atomic mass is 10.1. The number of carbonyl (C=O) groups excluding carboxylic acids is 1. The number of fused-ring (bicyclic) bond motifs is 3. The molecule has 4 rings (SSSR count). The van der Waals surface area contributed by atoms with E-state index in [1.54, 1.807) is 24.3 Å². The van der Waals surface area contributed by atoms with E-state index >= 15 is 0 Å². The quantitative estimate of drug-likeness (QED) is 0.334. The van der Waals surface area contributed by atoms with E-state index in [1.165, 1.54) is 6.21 Å². The van der Waals surface area contributed by atoms with Crippen molar-refractivity contribution in [1.29, 1.82) is 0 Å². The van der Waals surface area contributed by atoms with E-state index in [0.717, 1.165) is 21.8 Å². The zero-order chi connectivity index (χ0) is 20.4. The van der Waals surface area contributed by atoms with Crippen molar-refractivity contribution >= 4 is 57.1 Å². The van der Waals surface area contributed by atoms with Gasteiger partial charge in [-0.15, -0.1) is 0 Å². The third-order valence-corrected chi connectivity index (χ3v) is 5.15. The molecule has 2 N–H and O–H groups in total. The Kier molecular flexibility index (Phi) is 5.43. The summed E-state index contributed by atoms with van der Waals surface area (Å²) in [6, 6.07) is 18.1. The molecule has 0 atom stereocenters. The molecule has 0 radical (unpaired) electrons. The topological polar surface area (TPSA) is 66.6 Å². The van der Waals surface area contributed by atoms with Gasteiger partial charge in [-0.1, -0.05) is 35.3 Å². The Balaban J connectivity index is 1.53. The number of aromatic nitrogens is 1. The molecule has 5 nitrogen and oxygen atoms in total. The molecule has 1 aromatic heterocycles. The Labute approximate surface area is 177 Å². The fraction of sp³-hybridized carbons (Fsp3) is 0.0909. The van der Waals surface area contributed by atoms with Crippen LogP contribution in [0, 0.1) is 0 Å². The van der Waals surface area contributed by atoms with Gasteiger partial charge in [0.05, 0.1) is 6.21 Å². The van der Waals surface area contributed by atoms with E-state index in [4.69, 9.17) is 23.2 Å². The molecule has 0 saturated heterocycles. The SMILES string of the molecule is O=C(CCn1c2ccc(Cl)cc2c2cc(Cl)ccc21)N/N=C/c1ccccc1O. The van der Waals surface area contributed by atoms with Gasteiger partial charge in [-0.2, -0.15) is 5.10 Å². The zero-order valence-corrected chi connectivity index (χ0v) is 16.8. The molecule has 7 heteroatoms. The lowest BCUT2D eigenvalue weighted by Gasteiger charge is -2.07. The smallest absolute Gasteiger partial charge is 0.241 e. The van der Waals surface area contributed by atoms with E-state index in [-0.39, 0.29) is 18.1 Å². The number of hydrogen-bond acceptors (Lipinski definition) is 3. The predicted octanol–water partition coefficient (Wildman–Crippen LogP) is 5.35. The normalized spacial score (nSPS) is 11.5. The summed E-state index contributed by atoms with van der Waals surface area (Å²) in [5.41, 5.74) is 5.00. The summed E-state index contributed by atoms with van der Waals surface area (Å²) >= 11 is 12.3. The van der Waals surface area contributed by atoms with Crippen LogP contribution < -0.4 is 5.43 Å². The summed E-state index contributed by atoms with van der Waals surface area (Å²) in [4.78, 5) is 12.3. The summed E-state index contributed by atoms with van der Waals surface area (Å²) in [6.07, 6.45) is 1.65. The molecule has 0 bridgehead atoms. The second-order valence-electron chi connectivity index (χ2n) is 6.58. The molecule has 0 aliphatic carbocycles. The van der Waals surface area contributed by atoms with Crippen molar-refractivity contribution in [2.45, 2.75) is 13.0 Å². The number of aryl methyl sites for hydroxylation is 1. The average Bonchev–Trinajstić information content (AvgIpc) is 3.00. The van der Waals surface area contributed by atoms with Crippen LogP contribution in [0.4, 0.5) is 0 Å². The lowest BCUT2D eigenvalue weighted by molar-refractivity contribution is -0.121. The van der Waals surface area contributed by atoms with Gasteiger partial charge in [0.15, 0.2) is 0 Å². The molecule has 3 aromatic carbocycles. The number of aromatic hydroxyl groups is 1. The monoisotopic (exact) mass is 425 g/mol. The predicted molar refractivity (Wildman–Crippen MR) is 118 cm³/mol. The van der Waals surface area contributed by atoms with Gasteiger partial charge in [0.1, 0.15) is 5.75 Å². The number of para-hydroxylation sites is 1. The van der Waals surface area contributed by atoms with Crippen LogP contribution in [0.1, 0.15) is 12.0 Å². The third kappa shape index (κ3) is 4.06. The number of rotatable bonds is 5. The number of halogens is 2. The molecule has 1 amide bonds. The average molecular weight is 426 g/mol. The molecular formula is C22H17Cl2N3O2. The Morgan fingerprint density at radius 2 is 1.62 bits per heavy atom. The zero-order valence-electron chi connectivity index (χ0n) is 15.3. The van der Waals surface area contributed by atoms with Crippen molar-refractivity contribution in [3.8, 4) is 5.75 Å². The molecule has 0 spiro atoms. The number of phenolic OH excluding ortho intramolecular Hbond substituents is 1. The van der Waals surface area contributed by atoms with Crippen LogP contribution >= 0.6 is 23.2 Å². The maximum atomic E-state index is 12.3. The number of nitrogens with one attached hydrogen (secondary N) is 1. The Hall–Kier alpha value is -3.02. The minimum absolute atomic E-state index is 0.105. The maximum absolute atomic E-state index is 12.3. The highest BCUT2D eigenvalue weighted by Crippen LogP contribution is 2.33. The maximum Gasteiger partial charge on any atom is 0.241 e. The summed E-state index contributed by atoms with van der Waals surface area (Å²) in [7, 11) is 0. The second kappa shape index (κ2) is 8.15. The Bertz CT molecular complexity index is 1190. The second-order valence-corrected chi connectivity index (χ2v) is 7.45. The highest BCUT2D eigenvalue weighted by atomic mass is 35.5. The lowest BCUT2D eigenvalue weighted by Crippen LogP contribution is -2.19. The summed E-state index contributed by atoms with van der Waals surface area (Å²) < 4.78 is 2.07. The number of carbonyl (C=O) groups is 1. The molecular weight excluding hydrogens is 409 g/mol. The van der Waals surface area contributed by atoms with E-state index < -0.39 is 0 Å². The van der Waals surface area contributed by atoms with Crippen LogP contribution in [0.5, 0.6) is 5.75 Å². The van der Waals surface area contributed by atoms with Crippen LogP contribution in [0.3, 0.4) is 0 Å². The summed E-state index contributed by atoms with van der Waals surface area (Å²) in [5, 5.41) is 16.9. The van der Waals surface area contributed by atoms with Crippen molar-refractivity contribution in [3.05, 3.63) is 76.3 Å². The number of hydrogen-bond donors (Lipinski definition) is 2. The number of phenols is 1. The molecule has 4 aromatic rings. The fourth-order valence-corrected chi connectivity index (χ4v) is 3.67. The van der Waals surface area contributed by atoms with E-state index in [9.17, 15) is 9.90 Å². The van der Waals surface area contributed by atoms with Crippen LogP contribution in [0.2, 0.25) is 10.0 Å². The van der Waals surface area contributed by atoms with Gasteiger partial charge >= 0.3 is 0 Å². The van der Waals surface area contributed by atoms with Gasteiger partial charge in [0.25, 0.3) is 0 Å². The van der Waals surface area contributed by atoms with Gasteiger partial charge in [-0.05, 0) is 48.5 Å². The molecule has 0 saturated carbocycles. The highest BCUT2D eigenvalue weighted by Gasteiger charge is 2.12. The highest BCUT2D eigenvalue weighted by molar-refractivity contribution is 6.33. The van der Waals surface area contributed by atoms with Crippen molar-refractivity contribution < 1.29 is 9.90 Å². The summed E-state index contributed by atoms with van der Waals surface area (Å²) in [6.45, 7) is 0.473.